The fraction of sp³-hybridized carbons (Fsp3) is 0.650. The molecule has 0 saturated carbocycles. The van der Waals surface area contributed by atoms with Gasteiger partial charge in [-0.15, -0.1) is 0 Å². The molecule has 0 amide bonds. The van der Waals surface area contributed by atoms with Crippen LogP contribution in [0.5, 0.6) is 0 Å². The highest BCUT2D eigenvalue weighted by molar-refractivity contribution is 6.30. The summed E-state index contributed by atoms with van der Waals surface area (Å²) >= 11 is 5.53. The lowest BCUT2D eigenvalue weighted by molar-refractivity contribution is 0.0697. The number of halogens is 1. The fourth-order valence-electron chi connectivity index (χ4n) is 2.58. The molecule has 0 saturated heterocycles. The molecule has 4 heteroatoms. The van der Waals surface area contributed by atoms with E-state index in [4.69, 9.17) is 22.4 Å². The lowest BCUT2D eigenvalue weighted by atomic mass is 9.84. The third-order valence-electron chi connectivity index (χ3n) is 4.16. The second kappa shape index (κ2) is 13.3. The number of hydrogen-bond acceptors (Lipinski definition) is 2. The monoisotopic (exact) mass is 355 g/mol. The molecule has 0 atom stereocenters. The molecule has 0 radical (unpaired) electrons. The van der Waals surface area contributed by atoms with Crippen molar-refractivity contribution in [2.45, 2.75) is 84.1 Å². The van der Waals surface area contributed by atoms with Crippen LogP contribution in [0.1, 0.15) is 88.9 Å². The van der Waals surface area contributed by atoms with Gasteiger partial charge in [0.25, 0.3) is 0 Å². The minimum absolute atomic E-state index is 0.155. The van der Waals surface area contributed by atoms with Crippen molar-refractivity contribution in [1.29, 1.82) is 0 Å². The maximum atomic E-state index is 10.3. The predicted octanol–water partition coefficient (Wildman–Crippen LogP) is 6.29. The zero-order chi connectivity index (χ0) is 18.4. The van der Waals surface area contributed by atoms with Crippen molar-refractivity contribution in [3.8, 4) is 0 Å². The molecule has 0 bridgehead atoms. The standard InChI is InChI=1S/C13H29N.C7H5ClO2/c1-4-7-10-13(14,11-8-5-2)12-9-6-3;8-6-3-1-2-5(4-6)7(9)10/h4-12,14H2,1-3H3;1-4H,(H,9,10). The zero-order valence-electron chi connectivity index (χ0n) is 15.5. The number of benzene rings is 1. The Morgan fingerprint density at radius 2 is 1.50 bits per heavy atom. The molecule has 1 rings (SSSR count). The van der Waals surface area contributed by atoms with E-state index in [-0.39, 0.29) is 11.1 Å². The van der Waals surface area contributed by atoms with Gasteiger partial charge in [-0.05, 0) is 37.5 Å². The first-order chi connectivity index (χ1) is 11.4. The number of nitrogens with two attached hydrogens (primary N) is 1. The highest BCUT2D eigenvalue weighted by Crippen LogP contribution is 2.24. The minimum Gasteiger partial charge on any atom is -0.478 e. The van der Waals surface area contributed by atoms with Crippen molar-refractivity contribution in [1.82, 2.24) is 0 Å². The fourth-order valence-corrected chi connectivity index (χ4v) is 2.77. The number of hydrogen-bond donors (Lipinski definition) is 2. The zero-order valence-corrected chi connectivity index (χ0v) is 16.2. The van der Waals surface area contributed by atoms with Gasteiger partial charge in [0.2, 0.25) is 0 Å². The van der Waals surface area contributed by atoms with Crippen molar-refractivity contribution in [2.75, 3.05) is 0 Å². The van der Waals surface area contributed by atoms with E-state index in [9.17, 15) is 4.79 Å². The molecule has 1 aromatic rings. The van der Waals surface area contributed by atoms with Crippen molar-refractivity contribution >= 4 is 17.6 Å². The Morgan fingerprint density at radius 1 is 1.04 bits per heavy atom. The van der Waals surface area contributed by atoms with Gasteiger partial charge < -0.3 is 10.8 Å². The summed E-state index contributed by atoms with van der Waals surface area (Å²) in [4.78, 5) is 10.3. The van der Waals surface area contributed by atoms with E-state index in [1.165, 1.54) is 69.9 Å². The molecule has 24 heavy (non-hydrogen) atoms. The molecule has 3 nitrogen and oxygen atoms in total. The summed E-state index contributed by atoms with van der Waals surface area (Å²) < 4.78 is 0. The molecule has 0 aliphatic carbocycles. The molecule has 0 fully saturated rings. The summed E-state index contributed by atoms with van der Waals surface area (Å²) in [5.41, 5.74) is 6.83. The van der Waals surface area contributed by atoms with E-state index in [2.05, 4.69) is 20.8 Å². The van der Waals surface area contributed by atoms with E-state index in [0.717, 1.165) is 0 Å². The molecule has 3 N–H and O–H groups in total. The number of rotatable bonds is 10. The highest BCUT2D eigenvalue weighted by atomic mass is 35.5. The van der Waals surface area contributed by atoms with Crippen molar-refractivity contribution in [3.63, 3.8) is 0 Å². The molecule has 0 aromatic heterocycles. The summed E-state index contributed by atoms with van der Waals surface area (Å²) in [7, 11) is 0. The van der Waals surface area contributed by atoms with Crippen molar-refractivity contribution < 1.29 is 9.90 Å². The maximum absolute atomic E-state index is 10.3. The van der Waals surface area contributed by atoms with Gasteiger partial charge in [-0.3, -0.25) is 0 Å². The molecular formula is C20H34ClNO2. The Balaban J connectivity index is 0.000000463. The smallest absolute Gasteiger partial charge is 0.335 e. The molecule has 0 heterocycles. The van der Waals surface area contributed by atoms with E-state index in [0.29, 0.717) is 5.02 Å². The number of carboxylic acid groups (broad SMARTS) is 1. The van der Waals surface area contributed by atoms with Gasteiger partial charge in [-0.2, -0.15) is 0 Å². The summed E-state index contributed by atoms with van der Waals surface area (Å²) in [6.45, 7) is 6.75. The quantitative estimate of drug-likeness (QED) is 0.518. The third-order valence-corrected chi connectivity index (χ3v) is 4.39. The summed E-state index contributed by atoms with van der Waals surface area (Å²) in [5, 5.41) is 8.89. The second-order valence-electron chi connectivity index (χ2n) is 6.49. The number of carbonyl (C=O) groups is 1. The molecule has 0 spiro atoms. The van der Waals surface area contributed by atoms with Gasteiger partial charge >= 0.3 is 5.97 Å². The molecule has 138 valence electrons. The average molecular weight is 356 g/mol. The Hall–Kier alpha value is -1.06. The first-order valence-electron chi connectivity index (χ1n) is 9.16. The second-order valence-corrected chi connectivity index (χ2v) is 6.92. The van der Waals surface area contributed by atoms with Crippen LogP contribution in [0, 0.1) is 0 Å². The summed E-state index contributed by atoms with van der Waals surface area (Å²) in [6.07, 6.45) is 11.4. The van der Waals surface area contributed by atoms with Crippen LogP contribution in [0.3, 0.4) is 0 Å². The molecule has 0 aliphatic heterocycles. The van der Waals surface area contributed by atoms with Crippen LogP contribution < -0.4 is 5.73 Å². The third kappa shape index (κ3) is 10.7. The largest absolute Gasteiger partial charge is 0.478 e. The highest BCUT2D eigenvalue weighted by Gasteiger charge is 2.22. The Bertz CT molecular complexity index is 441. The maximum Gasteiger partial charge on any atom is 0.335 e. The van der Waals surface area contributed by atoms with E-state index in [1.54, 1.807) is 12.1 Å². The van der Waals surface area contributed by atoms with Crippen LogP contribution in [0.25, 0.3) is 0 Å². The van der Waals surface area contributed by atoms with Crippen LogP contribution in [0.15, 0.2) is 24.3 Å². The summed E-state index contributed by atoms with van der Waals surface area (Å²) in [6, 6.07) is 6.14. The predicted molar refractivity (Wildman–Crippen MR) is 104 cm³/mol. The van der Waals surface area contributed by atoms with Crippen molar-refractivity contribution in [3.05, 3.63) is 34.9 Å². The Morgan fingerprint density at radius 3 is 1.79 bits per heavy atom. The number of unbranched alkanes of at least 4 members (excludes halogenated alkanes) is 3. The Kier molecular flexibility index (Phi) is 12.7. The first kappa shape index (κ1) is 22.9. The van der Waals surface area contributed by atoms with Crippen LogP contribution in [-0.4, -0.2) is 16.6 Å². The molecule has 0 aliphatic rings. The molecular weight excluding hydrogens is 322 g/mol. The van der Waals surface area contributed by atoms with Gasteiger partial charge in [0, 0.05) is 10.6 Å². The van der Waals surface area contributed by atoms with Gasteiger partial charge in [-0.1, -0.05) is 77.0 Å². The minimum atomic E-state index is -0.956. The summed E-state index contributed by atoms with van der Waals surface area (Å²) in [5.74, 6) is -0.956. The van der Waals surface area contributed by atoms with E-state index in [1.807, 2.05) is 0 Å². The van der Waals surface area contributed by atoms with E-state index >= 15 is 0 Å². The van der Waals surface area contributed by atoms with E-state index < -0.39 is 5.97 Å². The van der Waals surface area contributed by atoms with Crippen LogP contribution in [0.4, 0.5) is 0 Å². The van der Waals surface area contributed by atoms with Crippen molar-refractivity contribution in [2.24, 2.45) is 5.73 Å². The van der Waals surface area contributed by atoms with Crippen LogP contribution >= 0.6 is 11.6 Å². The van der Waals surface area contributed by atoms with Gasteiger partial charge in [0.15, 0.2) is 0 Å². The Labute approximate surface area is 152 Å². The lowest BCUT2D eigenvalue weighted by Gasteiger charge is -2.29. The topological polar surface area (TPSA) is 63.3 Å². The first-order valence-corrected chi connectivity index (χ1v) is 9.54. The average Bonchev–Trinajstić information content (AvgIpc) is 2.57. The number of carboxylic acids is 1. The lowest BCUT2D eigenvalue weighted by Crippen LogP contribution is -2.39. The molecule has 0 unspecified atom stereocenters. The molecule has 1 aromatic carbocycles. The number of aromatic carboxylic acids is 1. The van der Waals surface area contributed by atoms with Crippen LogP contribution in [-0.2, 0) is 0 Å². The van der Waals surface area contributed by atoms with Gasteiger partial charge in [0.1, 0.15) is 0 Å². The van der Waals surface area contributed by atoms with Gasteiger partial charge in [-0.25, -0.2) is 4.79 Å². The van der Waals surface area contributed by atoms with Crippen LogP contribution in [0.2, 0.25) is 5.02 Å². The normalized spacial score (nSPS) is 10.9. The van der Waals surface area contributed by atoms with Gasteiger partial charge in [0.05, 0.1) is 5.56 Å². The SMILES string of the molecule is CCCCC(N)(CCCC)CCCC.O=C(O)c1cccc(Cl)c1.